The monoisotopic (exact) mass is 181 g/mol. The van der Waals surface area contributed by atoms with E-state index >= 15 is 0 Å². The quantitative estimate of drug-likeness (QED) is 0.692. The number of benzene rings is 1. The lowest BCUT2D eigenvalue weighted by atomic mass is 10.2. The van der Waals surface area contributed by atoms with Gasteiger partial charge in [-0.3, -0.25) is 0 Å². The third-order valence-electron chi connectivity index (χ3n) is 1.65. The van der Waals surface area contributed by atoms with Gasteiger partial charge in [0.05, 0.1) is 11.8 Å². The molecule has 1 rings (SSSR count). The maximum atomic E-state index is 9.01. The summed E-state index contributed by atoms with van der Waals surface area (Å²) in [5.74, 6) is 0.640. The van der Waals surface area contributed by atoms with Gasteiger partial charge in [0, 0.05) is 0 Å². The molecule has 3 nitrogen and oxygen atoms in total. The Morgan fingerprint density at radius 1 is 1.54 bits per heavy atom. The maximum Gasteiger partial charge on any atom is 0.142 e. The highest BCUT2D eigenvalue weighted by molar-refractivity contribution is 5.53. The van der Waals surface area contributed by atoms with E-state index in [0.29, 0.717) is 11.4 Å². The summed E-state index contributed by atoms with van der Waals surface area (Å²) in [5.41, 5.74) is 7.36. The molecule has 3 heteroatoms. The molecule has 0 saturated heterocycles. The topological polar surface area (TPSA) is 55.5 Å². The molecule has 3 N–H and O–H groups in total. The predicted octanol–water partition coefficient (Wildman–Crippen LogP) is 1.34. The second-order valence-corrected chi connectivity index (χ2v) is 3.20. The zero-order valence-electron chi connectivity index (χ0n) is 7.95. The van der Waals surface area contributed by atoms with Crippen molar-refractivity contribution in [1.29, 1.82) is 0 Å². The number of aryl methyl sites for hydroxylation is 1. The molecule has 0 fully saturated rings. The van der Waals surface area contributed by atoms with Gasteiger partial charge in [0.25, 0.3) is 0 Å². The Morgan fingerprint density at radius 2 is 2.23 bits per heavy atom. The summed E-state index contributed by atoms with van der Waals surface area (Å²) in [6.07, 6.45) is -0.472. The van der Waals surface area contributed by atoms with Crippen molar-refractivity contribution in [2.45, 2.75) is 20.0 Å². The van der Waals surface area contributed by atoms with Gasteiger partial charge in [0.2, 0.25) is 0 Å². The minimum absolute atomic E-state index is 0.271. The van der Waals surface area contributed by atoms with E-state index in [4.69, 9.17) is 15.6 Å². The summed E-state index contributed by atoms with van der Waals surface area (Å²) in [7, 11) is 0. The molecular weight excluding hydrogens is 166 g/mol. The summed E-state index contributed by atoms with van der Waals surface area (Å²) >= 11 is 0. The first-order chi connectivity index (χ1) is 6.09. The molecule has 1 aromatic rings. The first kappa shape index (κ1) is 9.86. The van der Waals surface area contributed by atoms with Gasteiger partial charge in [0.1, 0.15) is 12.4 Å². The first-order valence-corrected chi connectivity index (χ1v) is 4.26. The number of nitrogen functional groups attached to an aromatic ring is 1. The molecule has 0 amide bonds. The fraction of sp³-hybridized carbons (Fsp3) is 0.400. The Bertz CT molecular complexity index is 284. The van der Waals surface area contributed by atoms with Gasteiger partial charge in [-0.1, -0.05) is 6.07 Å². The van der Waals surface area contributed by atoms with Gasteiger partial charge in [0.15, 0.2) is 0 Å². The smallest absolute Gasteiger partial charge is 0.142 e. The number of nitrogens with two attached hydrogens (primary N) is 1. The predicted molar refractivity (Wildman–Crippen MR) is 52.8 cm³/mol. The summed E-state index contributed by atoms with van der Waals surface area (Å²) in [5, 5.41) is 9.01. The van der Waals surface area contributed by atoms with Crippen molar-refractivity contribution in [2.24, 2.45) is 0 Å². The molecule has 0 bridgehead atoms. The van der Waals surface area contributed by atoms with E-state index in [2.05, 4.69) is 0 Å². The molecule has 0 heterocycles. The van der Waals surface area contributed by atoms with Crippen molar-refractivity contribution >= 4 is 5.69 Å². The van der Waals surface area contributed by atoms with E-state index in [-0.39, 0.29) is 6.61 Å². The molecule has 0 aromatic heterocycles. The number of hydrogen-bond donors (Lipinski definition) is 2. The fourth-order valence-corrected chi connectivity index (χ4v) is 0.977. The molecule has 1 atom stereocenters. The maximum absolute atomic E-state index is 9.01. The average molecular weight is 181 g/mol. The number of aliphatic hydroxyl groups is 1. The molecular formula is C10H15NO2. The highest BCUT2D eigenvalue weighted by Gasteiger charge is 2.02. The normalized spacial score (nSPS) is 12.5. The van der Waals surface area contributed by atoms with Crippen molar-refractivity contribution in [3.05, 3.63) is 23.8 Å². The lowest BCUT2D eigenvalue weighted by molar-refractivity contribution is 0.123. The lowest BCUT2D eigenvalue weighted by Gasteiger charge is -2.10. The summed E-state index contributed by atoms with van der Waals surface area (Å²) < 4.78 is 5.30. The van der Waals surface area contributed by atoms with Crippen molar-refractivity contribution in [3.8, 4) is 5.75 Å². The number of anilines is 1. The number of rotatable bonds is 3. The first-order valence-electron chi connectivity index (χ1n) is 4.26. The van der Waals surface area contributed by atoms with Gasteiger partial charge < -0.3 is 15.6 Å². The highest BCUT2D eigenvalue weighted by atomic mass is 16.5. The second-order valence-electron chi connectivity index (χ2n) is 3.20. The van der Waals surface area contributed by atoms with E-state index in [1.54, 1.807) is 13.0 Å². The van der Waals surface area contributed by atoms with Crippen molar-refractivity contribution in [3.63, 3.8) is 0 Å². The molecule has 1 aromatic carbocycles. The molecule has 0 aliphatic heterocycles. The Morgan fingerprint density at radius 3 is 2.85 bits per heavy atom. The lowest BCUT2D eigenvalue weighted by Crippen LogP contribution is -2.13. The third kappa shape index (κ3) is 2.95. The van der Waals surface area contributed by atoms with Gasteiger partial charge in [-0.2, -0.15) is 0 Å². The van der Waals surface area contributed by atoms with Crippen LogP contribution in [-0.4, -0.2) is 17.8 Å². The minimum atomic E-state index is -0.472. The van der Waals surface area contributed by atoms with Crippen LogP contribution >= 0.6 is 0 Å². The van der Waals surface area contributed by atoms with Crippen LogP contribution in [0.15, 0.2) is 18.2 Å². The Kier molecular flexibility index (Phi) is 3.14. The van der Waals surface area contributed by atoms with E-state index in [9.17, 15) is 0 Å². The summed E-state index contributed by atoms with van der Waals surface area (Å²) in [6, 6.07) is 5.58. The van der Waals surface area contributed by atoms with E-state index < -0.39 is 6.10 Å². The van der Waals surface area contributed by atoms with Crippen LogP contribution in [0, 0.1) is 6.92 Å². The number of aliphatic hydroxyl groups excluding tert-OH is 1. The fourth-order valence-electron chi connectivity index (χ4n) is 0.977. The van der Waals surface area contributed by atoms with Crippen molar-refractivity contribution < 1.29 is 9.84 Å². The molecule has 13 heavy (non-hydrogen) atoms. The summed E-state index contributed by atoms with van der Waals surface area (Å²) in [6.45, 7) is 3.91. The second kappa shape index (κ2) is 4.14. The standard InChI is InChI=1S/C10H15NO2/c1-7-3-4-9(11)10(5-7)13-6-8(2)12/h3-5,8,12H,6,11H2,1-2H3. The van der Waals surface area contributed by atoms with E-state index in [1.807, 2.05) is 19.1 Å². The van der Waals surface area contributed by atoms with Crippen LogP contribution in [0.2, 0.25) is 0 Å². The Hall–Kier alpha value is -1.22. The van der Waals surface area contributed by atoms with Crippen molar-refractivity contribution in [1.82, 2.24) is 0 Å². The van der Waals surface area contributed by atoms with Crippen LogP contribution in [0.3, 0.4) is 0 Å². The molecule has 0 aliphatic carbocycles. The van der Waals surface area contributed by atoms with Gasteiger partial charge in [-0.05, 0) is 31.5 Å². The highest BCUT2D eigenvalue weighted by Crippen LogP contribution is 2.22. The zero-order chi connectivity index (χ0) is 9.84. The van der Waals surface area contributed by atoms with Gasteiger partial charge in [-0.15, -0.1) is 0 Å². The molecule has 0 radical (unpaired) electrons. The molecule has 72 valence electrons. The van der Waals surface area contributed by atoms with Crippen molar-refractivity contribution in [2.75, 3.05) is 12.3 Å². The Labute approximate surface area is 78.1 Å². The molecule has 0 spiro atoms. The third-order valence-corrected chi connectivity index (χ3v) is 1.65. The van der Waals surface area contributed by atoms with Crippen LogP contribution in [0.25, 0.3) is 0 Å². The number of hydrogen-bond acceptors (Lipinski definition) is 3. The average Bonchev–Trinajstić information content (AvgIpc) is 2.06. The van der Waals surface area contributed by atoms with Gasteiger partial charge in [-0.25, -0.2) is 0 Å². The van der Waals surface area contributed by atoms with Crippen LogP contribution < -0.4 is 10.5 Å². The minimum Gasteiger partial charge on any atom is -0.489 e. The van der Waals surface area contributed by atoms with E-state index in [1.165, 1.54) is 0 Å². The molecule has 1 unspecified atom stereocenters. The largest absolute Gasteiger partial charge is 0.489 e. The number of ether oxygens (including phenoxy) is 1. The summed E-state index contributed by atoms with van der Waals surface area (Å²) in [4.78, 5) is 0. The van der Waals surface area contributed by atoms with Crippen LogP contribution in [-0.2, 0) is 0 Å². The Balaban J connectivity index is 2.70. The SMILES string of the molecule is Cc1ccc(N)c(OCC(C)O)c1. The van der Waals surface area contributed by atoms with Crippen LogP contribution in [0.4, 0.5) is 5.69 Å². The molecule has 0 saturated carbocycles. The van der Waals surface area contributed by atoms with Gasteiger partial charge >= 0.3 is 0 Å². The van der Waals surface area contributed by atoms with Crippen LogP contribution in [0.5, 0.6) is 5.75 Å². The molecule has 0 aliphatic rings. The zero-order valence-corrected chi connectivity index (χ0v) is 7.95. The van der Waals surface area contributed by atoms with Crippen LogP contribution in [0.1, 0.15) is 12.5 Å². The van der Waals surface area contributed by atoms with E-state index in [0.717, 1.165) is 5.56 Å².